The van der Waals surface area contributed by atoms with Crippen molar-refractivity contribution in [3.8, 4) is 0 Å². The van der Waals surface area contributed by atoms with Crippen LogP contribution >= 0.6 is 0 Å². The predicted octanol–water partition coefficient (Wildman–Crippen LogP) is 7.22. The summed E-state index contributed by atoms with van der Waals surface area (Å²) in [6.07, 6.45) is 12.2. The smallest absolute Gasteiger partial charge is 0.0627 e. The van der Waals surface area contributed by atoms with E-state index in [1.807, 2.05) is 0 Å². The maximum Gasteiger partial charge on any atom is 0.0627 e. The van der Waals surface area contributed by atoms with Gasteiger partial charge < -0.3 is 10.2 Å². The zero-order valence-corrected chi connectivity index (χ0v) is 22.4. The second-order valence-corrected chi connectivity index (χ2v) is 15.7. The predicted molar refractivity (Wildman–Crippen MR) is 132 cm³/mol. The van der Waals surface area contributed by atoms with Gasteiger partial charge in [-0.25, -0.2) is 0 Å². The average Bonchev–Trinajstić information content (AvgIpc) is 2.70. The molecule has 5 aliphatic carbocycles. The Labute approximate surface area is 198 Å². The first-order valence-corrected chi connectivity index (χ1v) is 14.0. The summed E-state index contributed by atoms with van der Waals surface area (Å²) >= 11 is 0. The summed E-state index contributed by atoms with van der Waals surface area (Å²) in [5.41, 5.74) is 1.41. The number of aliphatic hydroxyl groups excluding tert-OH is 2. The molecule has 0 aromatic heterocycles. The molecule has 0 spiro atoms. The SMILES string of the molecule is CC1(C)CC[C@]2(C)CC[C@]3(C)C(CCC4[C@@]5(C)CC[C@H](O)C(C)(C)C5CC[C@]43C)[C@H]2[C@@H]1O. The average molecular weight is 445 g/mol. The Hall–Kier alpha value is -0.0800. The van der Waals surface area contributed by atoms with Crippen LogP contribution in [0.15, 0.2) is 0 Å². The molecule has 0 saturated heterocycles. The molecule has 2 heteroatoms. The van der Waals surface area contributed by atoms with Crippen LogP contribution in [-0.4, -0.2) is 22.4 Å². The van der Waals surface area contributed by atoms with Crippen LogP contribution in [0.2, 0.25) is 0 Å². The topological polar surface area (TPSA) is 40.5 Å². The van der Waals surface area contributed by atoms with Crippen molar-refractivity contribution in [2.24, 2.45) is 56.2 Å². The molecular weight excluding hydrogens is 392 g/mol. The molecule has 5 rings (SSSR count). The van der Waals surface area contributed by atoms with Crippen molar-refractivity contribution in [1.82, 2.24) is 0 Å². The second kappa shape index (κ2) is 6.77. The summed E-state index contributed by atoms with van der Waals surface area (Å²) in [6.45, 7) is 19.8. The fraction of sp³-hybridized carbons (Fsp3) is 1.00. The Morgan fingerprint density at radius 2 is 1.25 bits per heavy atom. The number of rotatable bonds is 0. The molecule has 0 heterocycles. The summed E-state index contributed by atoms with van der Waals surface area (Å²) in [7, 11) is 0. The van der Waals surface area contributed by atoms with Crippen LogP contribution in [0.1, 0.15) is 120 Å². The van der Waals surface area contributed by atoms with Gasteiger partial charge in [-0.05, 0) is 120 Å². The van der Waals surface area contributed by atoms with E-state index in [1.165, 1.54) is 57.8 Å². The summed E-state index contributed by atoms with van der Waals surface area (Å²) in [4.78, 5) is 0. The second-order valence-electron chi connectivity index (χ2n) is 15.7. The van der Waals surface area contributed by atoms with Crippen LogP contribution in [0.5, 0.6) is 0 Å². The van der Waals surface area contributed by atoms with Gasteiger partial charge >= 0.3 is 0 Å². The fourth-order valence-corrected chi connectivity index (χ4v) is 11.3. The van der Waals surface area contributed by atoms with Crippen LogP contribution in [-0.2, 0) is 0 Å². The highest BCUT2D eigenvalue weighted by atomic mass is 16.3. The Balaban J connectivity index is 1.54. The van der Waals surface area contributed by atoms with Gasteiger partial charge in [-0.1, -0.05) is 55.4 Å². The molecule has 10 atom stereocenters. The van der Waals surface area contributed by atoms with E-state index in [2.05, 4.69) is 55.4 Å². The van der Waals surface area contributed by atoms with Gasteiger partial charge in [-0.3, -0.25) is 0 Å². The minimum Gasteiger partial charge on any atom is -0.393 e. The largest absolute Gasteiger partial charge is 0.393 e. The van der Waals surface area contributed by atoms with Gasteiger partial charge in [0.15, 0.2) is 0 Å². The van der Waals surface area contributed by atoms with Crippen LogP contribution in [0.25, 0.3) is 0 Å². The molecule has 2 nitrogen and oxygen atoms in total. The third kappa shape index (κ3) is 2.72. The first kappa shape index (κ1) is 23.7. The van der Waals surface area contributed by atoms with Crippen LogP contribution < -0.4 is 0 Å². The van der Waals surface area contributed by atoms with Crippen LogP contribution in [0, 0.1) is 56.2 Å². The molecule has 0 aromatic carbocycles. The molecule has 32 heavy (non-hydrogen) atoms. The quantitative estimate of drug-likeness (QED) is 0.414. The van der Waals surface area contributed by atoms with E-state index in [0.29, 0.717) is 39.4 Å². The number of hydrogen-bond donors (Lipinski definition) is 2. The molecule has 5 fully saturated rings. The monoisotopic (exact) mass is 444 g/mol. The van der Waals surface area contributed by atoms with Crippen molar-refractivity contribution < 1.29 is 10.2 Å². The van der Waals surface area contributed by atoms with Crippen LogP contribution in [0.4, 0.5) is 0 Å². The normalized spacial score (nSPS) is 58.7. The summed E-state index contributed by atoms with van der Waals surface area (Å²) in [6, 6.07) is 0. The molecule has 0 radical (unpaired) electrons. The number of aliphatic hydroxyl groups is 2. The van der Waals surface area contributed by atoms with Crippen molar-refractivity contribution in [2.45, 2.75) is 132 Å². The van der Waals surface area contributed by atoms with E-state index < -0.39 is 0 Å². The van der Waals surface area contributed by atoms with Gasteiger partial charge in [-0.2, -0.15) is 0 Å². The summed E-state index contributed by atoms with van der Waals surface area (Å²) in [5, 5.41) is 22.6. The molecule has 184 valence electrons. The molecule has 5 aliphatic rings. The molecule has 0 aromatic rings. The van der Waals surface area contributed by atoms with Crippen molar-refractivity contribution in [1.29, 1.82) is 0 Å². The Morgan fingerprint density at radius 3 is 1.94 bits per heavy atom. The zero-order chi connectivity index (χ0) is 23.5. The maximum absolute atomic E-state index is 11.7. The first-order valence-electron chi connectivity index (χ1n) is 14.0. The molecule has 5 saturated carbocycles. The molecule has 0 amide bonds. The third-order valence-electron chi connectivity index (χ3n) is 13.9. The fourth-order valence-electron chi connectivity index (χ4n) is 11.3. The minimum absolute atomic E-state index is 0.0286. The molecule has 0 bridgehead atoms. The van der Waals surface area contributed by atoms with E-state index in [-0.39, 0.29) is 23.0 Å². The van der Waals surface area contributed by atoms with Gasteiger partial charge in [0.1, 0.15) is 0 Å². The molecule has 0 aliphatic heterocycles. The Morgan fingerprint density at radius 1 is 0.594 bits per heavy atom. The zero-order valence-electron chi connectivity index (χ0n) is 22.4. The van der Waals surface area contributed by atoms with Crippen LogP contribution in [0.3, 0.4) is 0 Å². The highest BCUT2D eigenvalue weighted by molar-refractivity contribution is 5.19. The van der Waals surface area contributed by atoms with E-state index >= 15 is 0 Å². The van der Waals surface area contributed by atoms with Crippen molar-refractivity contribution >= 4 is 0 Å². The standard InChI is InChI=1S/C30H52O2/c1-25(2)15-16-27(5)17-18-29(7)19(23(27)24(25)32)9-10-21-28(6)13-12-22(31)26(3,4)20(28)11-14-30(21,29)8/h19-24,31-32H,9-18H2,1-8H3/t19?,20?,21?,22-,23-,24-,27+,28-,29+,30+/m0/s1. The van der Waals surface area contributed by atoms with E-state index in [1.54, 1.807) is 0 Å². The van der Waals surface area contributed by atoms with Crippen molar-refractivity contribution in [3.05, 3.63) is 0 Å². The van der Waals surface area contributed by atoms with E-state index in [0.717, 1.165) is 12.3 Å². The number of hydrogen-bond acceptors (Lipinski definition) is 2. The minimum atomic E-state index is -0.165. The Kier molecular flexibility index (Phi) is 5.01. The lowest BCUT2D eigenvalue weighted by molar-refractivity contribution is -0.266. The van der Waals surface area contributed by atoms with Gasteiger partial charge in [-0.15, -0.1) is 0 Å². The highest BCUT2D eigenvalue weighted by Crippen LogP contribution is 2.76. The van der Waals surface area contributed by atoms with Crippen molar-refractivity contribution in [2.75, 3.05) is 0 Å². The van der Waals surface area contributed by atoms with Gasteiger partial charge in [0.25, 0.3) is 0 Å². The molecule has 2 N–H and O–H groups in total. The van der Waals surface area contributed by atoms with Gasteiger partial charge in [0.05, 0.1) is 12.2 Å². The molecular formula is C30H52O2. The van der Waals surface area contributed by atoms with E-state index in [9.17, 15) is 10.2 Å². The highest BCUT2D eigenvalue weighted by Gasteiger charge is 2.70. The van der Waals surface area contributed by atoms with Gasteiger partial charge in [0, 0.05) is 0 Å². The summed E-state index contributed by atoms with van der Waals surface area (Å²) < 4.78 is 0. The first-order chi connectivity index (χ1) is 14.6. The lowest BCUT2D eigenvalue weighted by Crippen LogP contribution is -2.68. The summed E-state index contributed by atoms with van der Waals surface area (Å²) in [5.74, 6) is 2.49. The number of fused-ring (bicyclic) bond motifs is 7. The van der Waals surface area contributed by atoms with Crippen molar-refractivity contribution in [3.63, 3.8) is 0 Å². The van der Waals surface area contributed by atoms with E-state index in [4.69, 9.17) is 0 Å². The molecule has 3 unspecified atom stereocenters. The maximum atomic E-state index is 11.7. The van der Waals surface area contributed by atoms with Gasteiger partial charge in [0.2, 0.25) is 0 Å². The lowest BCUT2D eigenvalue weighted by atomic mass is 9.31. The third-order valence-corrected chi connectivity index (χ3v) is 13.9. The lowest BCUT2D eigenvalue weighted by Gasteiger charge is -2.74. The Bertz CT molecular complexity index is 771.